The molecular weight excluding hydrogens is 98.1 g/mol. The molecule has 2 aliphatic rings. The molecule has 1 aliphatic heterocycles. The van der Waals surface area contributed by atoms with E-state index in [1.54, 1.807) is 0 Å². The Morgan fingerprint density at radius 2 is 2.50 bits per heavy atom. The van der Waals surface area contributed by atoms with Gasteiger partial charge in [-0.15, -0.1) is 0 Å². The molecule has 0 N–H and O–H groups in total. The molecule has 1 nitrogen and oxygen atoms in total. The minimum Gasteiger partial charge on any atom is -0.303 e. The Kier molecular flexibility index (Phi) is 0.884. The van der Waals surface area contributed by atoms with Gasteiger partial charge in [-0.25, -0.2) is 0 Å². The number of hydrogen-bond donors (Lipinski definition) is 0. The summed E-state index contributed by atoms with van der Waals surface area (Å²) in [6, 6.07) is 0.847. The van der Waals surface area contributed by atoms with Crippen LogP contribution >= 0.6 is 0 Å². The molecule has 1 saturated carbocycles. The first-order valence-corrected chi connectivity index (χ1v) is 3.40. The van der Waals surface area contributed by atoms with E-state index >= 15 is 0 Å². The minimum atomic E-state index is 0.847. The van der Waals surface area contributed by atoms with Gasteiger partial charge in [-0.05, 0) is 32.2 Å². The van der Waals surface area contributed by atoms with E-state index in [4.69, 9.17) is 0 Å². The number of hydrogen-bond acceptors (Lipinski definition) is 1. The van der Waals surface area contributed by atoms with E-state index in [-0.39, 0.29) is 0 Å². The van der Waals surface area contributed by atoms with Crippen molar-refractivity contribution in [3.63, 3.8) is 0 Å². The molecule has 0 spiro atoms. The summed E-state index contributed by atoms with van der Waals surface area (Å²) >= 11 is 0. The summed E-state index contributed by atoms with van der Waals surface area (Å²) < 4.78 is 0. The highest BCUT2D eigenvalue weighted by Gasteiger charge is 2.35. The molecule has 45 valence electrons. The highest BCUT2D eigenvalue weighted by molar-refractivity contribution is 5.01. The lowest BCUT2D eigenvalue weighted by atomic mass is 10.1. The summed E-state index contributed by atoms with van der Waals surface area (Å²) in [5, 5.41) is 0. The Labute approximate surface area is 50.7 Å². The van der Waals surface area contributed by atoms with E-state index in [9.17, 15) is 0 Å². The molecule has 0 aromatic rings. The second-order valence-electron chi connectivity index (χ2n) is 3.08. The number of likely N-dealkylation sites (tertiary alicyclic amines) is 1. The number of rotatable bonds is 0. The minimum absolute atomic E-state index is 0.847. The normalized spacial score (nSPS) is 46.1. The van der Waals surface area contributed by atoms with E-state index in [2.05, 4.69) is 18.4 Å². The van der Waals surface area contributed by atoms with Crippen LogP contribution in [0.2, 0.25) is 0 Å². The predicted molar refractivity (Wildman–Crippen MR) is 33.4 cm³/mol. The van der Waals surface area contributed by atoms with Crippen molar-refractivity contribution >= 4 is 0 Å². The fraction of sp³-hybridized carbons (Fsp3) is 0.857. The molecule has 1 heterocycles. The fourth-order valence-corrected chi connectivity index (χ4v) is 1.94. The van der Waals surface area contributed by atoms with Crippen LogP contribution in [0.1, 0.15) is 12.8 Å². The molecule has 1 saturated heterocycles. The van der Waals surface area contributed by atoms with Crippen molar-refractivity contribution < 1.29 is 0 Å². The topological polar surface area (TPSA) is 3.24 Å². The summed E-state index contributed by atoms with van der Waals surface area (Å²) in [5.41, 5.74) is 0. The molecule has 8 heavy (non-hydrogen) atoms. The van der Waals surface area contributed by atoms with Gasteiger partial charge in [-0.3, -0.25) is 0 Å². The zero-order valence-electron chi connectivity index (χ0n) is 5.30. The molecular formula is C7H12N. The second-order valence-corrected chi connectivity index (χ2v) is 3.08. The molecule has 2 fully saturated rings. The molecule has 0 amide bonds. The van der Waals surface area contributed by atoms with Crippen LogP contribution in [0.3, 0.4) is 0 Å². The monoisotopic (exact) mass is 110 g/mol. The zero-order valence-corrected chi connectivity index (χ0v) is 5.30. The Balaban J connectivity index is 2.11. The van der Waals surface area contributed by atoms with Gasteiger partial charge in [0.25, 0.3) is 0 Å². The van der Waals surface area contributed by atoms with E-state index in [1.807, 2.05) is 0 Å². The van der Waals surface area contributed by atoms with Crippen LogP contribution in [0.5, 0.6) is 0 Å². The van der Waals surface area contributed by atoms with Crippen molar-refractivity contribution in [3.8, 4) is 0 Å². The standard InChI is InChI=1S/C7H12N/c1-8-5-6-2-3-7(8)4-6/h3,6-7H,2,4-5H2,1H3. The van der Waals surface area contributed by atoms with E-state index in [1.165, 1.54) is 19.4 Å². The van der Waals surface area contributed by atoms with Crippen LogP contribution in [0.15, 0.2) is 0 Å². The average Bonchev–Trinajstić information content (AvgIpc) is 2.23. The third kappa shape index (κ3) is 0.510. The smallest absolute Gasteiger partial charge is 0.0127 e. The van der Waals surface area contributed by atoms with Crippen molar-refractivity contribution in [1.29, 1.82) is 0 Å². The van der Waals surface area contributed by atoms with Crippen LogP contribution in [-0.2, 0) is 0 Å². The van der Waals surface area contributed by atoms with Crippen molar-refractivity contribution in [2.45, 2.75) is 18.9 Å². The molecule has 2 bridgehead atoms. The van der Waals surface area contributed by atoms with Crippen molar-refractivity contribution in [1.82, 2.24) is 4.90 Å². The van der Waals surface area contributed by atoms with E-state index in [0.717, 1.165) is 12.0 Å². The van der Waals surface area contributed by atoms with E-state index in [0.29, 0.717) is 0 Å². The van der Waals surface area contributed by atoms with Crippen molar-refractivity contribution in [3.05, 3.63) is 6.42 Å². The van der Waals surface area contributed by atoms with Gasteiger partial charge in [0, 0.05) is 12.6 Å². The maximum atomic E-state index is 2.45. The largest absolute Gasteiger partial charge is 0.303 e. The lowest BCUT2D eigenvalue weighted by Crippen LogP contribution is -2.27. The molecule has 1 aliphatic carbocycles. The van der Waals surface area contributed by atoms with Gasteiger partial charge in [0.15, 0.2) is 0 Å². The van der Waals surface area contributed by atoms with Crippen LogP contribution in [0.25, 0.3) is 0 Å². The first-order valence-electron chi connectivity index (χ1n) is 3.40. The van der Waals surface area contributed by atoms with Crippen molar-refractivity contribution in [2.75, 3.05) is 13.6 Å². The van der Waals surface area contributed by atoms with E-state index < -0.39 is 0 Å². The molecule has 2 unspecified atom stereocenters. The molecule has 1 heteroatoms. The van der Waals surface area contributed by atoms with Gasteiger partial charge in [-0.2, -0.15) is 0 Å². The van der Waals surface area contributed by atoms with Gasteiger partial charge in [0.05, 0.1) is 0 Å². The lowest BCUT2D eigenvalue weighted by Gasteiger charge is -2.20. The molecule has 1 radical (unpaired) electrons. The molecule has 0 aromatic heterocycles. The first-order chi connectivity index (χ1) is 3.86. The molecule has 0 aromatic carbocycles. The Hall–Kier alpha value is -0.0400. The average molecular weight is 110 g/mol. The van der Waals surface area contributed by atoms with Gasteiger partial charge in [0.2, 0.25) is 0 Å². The maximum absolute atomic E-state index is 2.45. The summed E-state index contributed by atoms with van der Waals surface area (Å²) in [4.78, 5) is 2.45. The zero-order chi connectivity index (χ0) is 5.56. The molecule has 2 rings (SSSR count). The quantitative estimate of drug-likeness (QED) is 0.448. The molecule has 2 atom stereocenters. The summed E-state index contributed by atoms with van der Waals surface area (Å²) in [6.45, 7) is 1.35. The summed E-state index contributed by atoms with van der Waals surface area (Å²) in [7, 11) is 2.22. The number of fused-ring (bicyclic) bond motifs is 2. The summed E-state index contributed by atoms with van der Waals surface area (Å²) in [6.07, 6.45) is 5.28. The highest BCUT2D eigenvalue weighted by atomic mass is 15.2. The maximum Gasteiger partial charge on any atom is 0.0127 e. The van der Waals surface area contributed by atoms with Crippen LogP contribution in [0, 0.1) is 12.3 Å². The van der Waals surface area contributed by atoms with Gasteiger partial charge in [0.1, 0.15) is 0 Å². The highest BCUT2D eigenvalue weighted by Crippen LogP contribution is 2.34. The lowest BCUT2D eigenvalue weighted by molar-refractivity contribution is 0.305. The van der Waals surface area contributed by atoms with Gasteiger partial charge in [-0.1, -0.05) is 0 Å². The number of nitrogens with zero attached hydrogens (tertiary/aromatic N) is 1. The van der Waals surface area contributed by atoms with Gasteiger partial charge >= 0.3 is 0 Å². The SMILES string of the molecule is CN1CC2C[CH]C1C2. The summed E-state index contributed by atoms with van der Waals surface area (Å²) in [5.74, 6) is 1.02. The van der Waals surface area contributed by atoms with Gasteiger partial charge < -0.3 is 4.90 Å². The Bertz CT molecular complexity index is 98.6. The fourth-order valence-electron chi connectivity index (χ4n) is 1.94. The third-order valence-corrected chi connectivity index (χ3v) is 2.43. The van der Waals surface area contributed by atoms with Crippen molar-refractivity contribution in [2.24, 2.45) is 5.92 Å². The van der Waals surface area contributed by atoms with Crippen LogP contribution in [-0.4, -0.2) is 24.5 Å². The first kappa shape index (κ1) is 4.80. The van der Waals surface area contributed by atoms with Crippen LogP contribution in [0.4, 0.5) is 0 Å². The Morgan fingerprint density at radius 3 is 2.75 bits per heavy atom. The third-order valence-electron chi connectivity index (χ3n) is 2.43. The second kappa shape index (κ2) is 1.47. The predicted octanol–water partition coefficient (Wildman–Crippen LogP) is 0.915. The number of piperidine rings is 1. The Morgan fingerprint density at radius 1 is 1.62 bits per heavy atom. The van der Waals surface area contributed by atoms with Crippen LogP contribution < -0.4 is 0 Å².